The van der Waals surface area contributed by atoms with Gasteiger partial charge in [0.25, 0.3) is 5.91 Å². The molecule has 1 saturated heterocycles. The standard InChI is InChI=1S/C20H19F2N3OS/c21-14-6-3-7-15(22)19(14)24-18(26)12-25-10-4-5-13(11-25)20-23-16-8-1-2-9-17(16)27-20/h1-3,6-9,13H,4-5,10-12H2,(H,24,26)/p+1/t13-/m0/s1. The van der Waals surface area contributed by atoms with Crippen molar-refractivity contribution in [3.8, 4) is 0 Å². The van der Waals surface area contributed by atoms with Gasteiger partial charge >= 0.3 is 0 Å². The molecule has 4 rings (SSSR count). The summed E-state index contributed by atoms with van der Waals surface area (Å²) in [6, 6.07) is 11.6. The van der Waals surface area contributed by atoms with E-state index in [1.807, 2.05) is 18.2 Å². The molecule has 1 aliphatic heterocycles. The first-order valence-corrected chi connectivity index (χ1v) is 9.84. The van der Waals surface area contributed by atoms with Crippen LogP contribution in [0.1, 0.15) is 23.8 Å². The van der Waals surface area contributed by atoms with E-state index in [0.29, 0.717) is 5.92 Å². The number of piperidine rings is 1. The smallest absolute Gasteiger partial charge is 0.279 e. The summed E-state index contributed by atoms with van der Waals surface area (Å²) in [7, 11) is 0. The number of carbonyl (C=O) groups excluding carboxylic acids is 1. The molecule has 1 unspecified atom stereocenters. The van der Waals surface area contributed by atoms with E-state index in [1.54, 1.807) is 11.3 Å². The molecule has 1 aliphatic rings. The number of rotatable bonds is 4. The van der Waals surface area contributed by atoms with Gasteiger partial charge in [-0.3, -0.25) is 4.79 Å². The normalized spacial score (nSPS) is 19.9. The Labute approximate surface area is 159 Å². The predicted octanol–water partition coefficient (Wildman–Crippen LogP) is 2.98. The molecule has 7 heteroatoms. The van der Waals surface area contributed by atoms with Crippen molar-refractivity contribution in [2.45, 2.75) is 18.8 Å². The molecule has 2 N–H and O–H groups in total. The number of fused-ring (bicyclic) bond motifs is 1. The van der Waals surface area contributed by atoms with E-state index < -0.39 is 11.6 Å². The molecule has 0 radical (unpaired) electrons. The number of likely N-dealkylation sites (tertiary alicyclic amines) is 1. The van der Waals surface area contributed by atoms with E-state index >= 15 is 0 Å². The third-order valence-corrected chi connectivity index (χ3v) is 6.11. The van der Waals surface area contributed by atoms with Crippen molar-refractivity contribution in [3.05, 3.63) is 59.1 Å². The number of para-hydroxylation sites is 2. The monoisotopic (exact) mass is 388 g/mol. The maximum Gasteiger partial charge on any atom is 0.279 e. The van der Waals surface area contributed by atoms with Crippen LogP contribution in [-0.4, -0.2) is 30.5 Å². The summed E-state index contributed by atoms with van der Waals surface area (Å²) in [4.78, 5) is 18.1. The number of carbonyl (C=O) groups is 1. The van der Waals surface area contributed by atoms with Crippen molar-refractivity contribution in [1.82, 2.24) is 4.98 Å². The van der Waals surface area contributed by atoms with Gasteiger partial charge in [-0.25, -0.2) is 13.8 Å². The zero-order valence-corrected chi connectivity index (χ0v) is 15.5. The zero-order chi connectivity index (χ0) is 18.8. The predicted molar refractivity (Wildman–Crippen MR) is 102 cm³/mol. The fourth-order valence-electron chi connectivity index (χ4n) is 3.61. The van der Waals surface area contributed by atoms with Gasteiger partial charge in [0.1, 0.15) is 22.3 Å². The molecule has 27 heavy (non-hydrogen) atoms. The van der Waals surface area contributed by atoms with Crippen molar-refractivity contribution in [1.29, 1.82) is 0 Å². The second-order valence-electron chi connectivity index (χ2n) is 6.88. The largest absolute Gasteiger partial charge is 0.327 e. The molecular formula is C20H20F2N3OS+. The van der Waals surface area contributed by atoms with Crippen LogP contribution in [0, 0.1) is 11.6 Å². The second-order valence-corrected chi connectivity index (χ2v) is 7.95. The van der Waals surface area contributed by atoms with E-state index in [2.05, 4.69) is 11.4 Å². The Kier molecular flexibility index (Phi) is 5.13. The van der Waals surface area contributed by atoms with Crippen LogP contribution in [-0.2, 0) is 4.79 Å². The molecule has 2 atom stereocenters. The highest BCUT2D eigenvalue weighted by Gasteiger charge is 2.28. The molecule has 1 fully saturated rings. The first-order chi connectivity index (χ1) is 13.1. The first kappa shape index (κ1) is 18.0. The Bertz CT molecular complexity index is 922. The maximum atomic E-state index is 13.7. The van der Waals surface area contributed by atoms with E-state index in [4.69, 9.17) is 4.98 Å². The fraction of sp³-hybridized carbons (Fsp3) is 0.300. The molecule has 4 nitrogen and oxygen atoms in total. The number of thiazole rings is 1. The Morgan fingerprint density at radius 1 is 1.19 bits per heavy atom. The highest BCUT2D eigenvalue weighted by Crippen LogP contribution is 2.30. The molecule has 3 aromatic rings. The number of benzene rings is 2. The zero-order valence-electron chi connectivity index (χ0n) is 14.7. The quantitative estimate of drug-likeness (QED) is 0.722. The van der Waals surface area contributed by atoms with E-state index in [9.17, 15) is 13.6 Å². The molecule has 0 spiro atoms. The minimum atomic E-state index is -0.760. The van der Waals surface area contributed by atoms with Crippen molar-refractivity contribution in [3.63, 3.8) is 0 Å². The van der Waals surface area contributed by atoms with Crippen molar-refractivity contribution in [2.75, 3.05) is 25.0 Å². The van der Waals surface area contributed by atoms with Gasteiger partial charge in [-0.1, -0.05) is 18.2 Å². The average Bonchev–Trinajstić information content (AvgIpc) is 3.09. The summed E-state index contributed by atoms with van der Waals surface area (Å²) in [5.41, 5.74) is 0.638. The lowest BCUT2D eigenvalue weighted by molar-refractivity contribution is -0.898. The molecule has 2 heterocycles. The van der Waals surface area contributed by atoms with Crippen molar-refractivity contribution in [2.24, 2.45) is 0 Å². The van der Waals surface area contributed by atoms with Crippen LogP contribution in [0.3, 0.4) is 0 Å². The molecule has 1 amide bonds. The Hall–Kier alpha value is -2.38. The minimum Gasteiger partial charge on any atom is -0.327 e. The average molecular weight is 388 g/mol. The summed E-state index contributed by atoms with van der Waals surface area (Å²) < 4.78 is 28.6. The number of hydrogen-bond acceptors (Lipinski definition) is 3. The topological polar surface area (TPSA) is 46.4 Å². The number of hydrogen-bond donors (Lipinski definition) is 2. The van der Waals surface area contributed by atoms with Crippen LogP contribution in [0.4, 0.5) is 14.5 Å². The number of nitrogens with zero attached hydrogens (tertiary/aromatic N) is 1. The number of quaternary nitrogens is 1. The van der Waals surface area contributed by atoms with Gasteiger partial charge in [0.2, 0.25) is 0 Å². The SMILES string of the molecule is O=C(C[NH+]1CCC[C@H](c2nc3ccccc3s2)C1)Nc1c(F)cccc1F. The summed E-state index contributed by atoms with van der Waals surface area (Å²) >= 11 is 1.71. The highest BCUT2D eigenvalue weighted by atomic mass is 32.1. The van der Waals surface area contributed by atoms with Crippen LogP contribution in [0.15, 0.2) is 42.5 Å². The lowest BCUT2D eigenvalue weighted by atomic mass is 9.99. The van der Waals surface area contributed by atoms with Crippen LogP contribution in [0.25, 0.3) is 10.2 Å². The van der Waals surface area contributed by atoms with Gasteiger partial charge < -0.3 is 10.2 Å². The molecule has 2 aromatic carbocycles. The number of anilines is 1. The fourth-order valence-corrected chi connectivity index (χ4v) is 4.72. The molecule has 0 bridgehead atoms. The Morgan fingerprint density at radius 3 is 2.74 bits per heavy atom. The van der Waals surface area contributed by atoms with E-state index in [-0.39, 0.29) is 18.1 Å². The number of nitrogens with one attached hydrogen (secondary N) is 2. The number of amides is 1. The van der Waals surface area contributed by atoms with Crippen molar-refractivity contribution >= 4 is 33.1 Å². The summed E-state index contributed by atoms with van der Waals surface area (Å²) in [6.07, 6.45) is 2.05. The van der Waals surface area contributed by atoms with Crippen LogP contribution >= 0.6 is 11.3 Å². The lowest BCUT2D eigenvalue weighted by Crippen LogP contribution is -3.14. The third kappa shape index (κ3) is 3.99. The van der Waals surface area contributed by atoms with Crippen LogP contribution in [0.5, 0.6) is 0 Å². The van der Waals surface area contributed by atoms with E-state index in [0.717, 1.165) is 53.5 Å². The van der Waals surface area contributed by atoms with Gasteiger partial charge in [0.05, 0.1) is 29.2 Å². The van der Waals surface area contributed by atoms with Gasteiger partial charge in [0.15, 0.2) is 6.54 Å². The van der Waals surface area contributed by atoms with Gasteiger partial charge in [-0.05, 0) is 37.1 Å². The maximum absolute atomic E-state index is 13.7. The second kappa shape index (κ2) is 7.70. The van der Waals surface area contributed by atoms with Crippen molar-refractivity contribution < 1.29 is 18.5 Å². The molecule has 0 saturated carbocycles. The van der Waals surface area contributed by atoms with Gasteiger partial charge in [0, 0.05) is 0 Å². The Morgan fingerprint density at radius 2 is 1.96 bits per heavy atom. The summed E-state index contributed by atoms with van der Waals surface area (Å²) in [6.45, 7) is 1.86. The minimum absolute atomic E-state index is 0.190. The van der Waals surface area contributed by atoms with Crippen LogP contribution < -0.4 is 10.2 Å². The molecule has 1 aromatic heterocycles. The Balaban J connectivity index is 1.41. The summed E-state index contributed by atoms with van der Waals surface area (Å²) in [5.74, 6) is -1.59. The van der Waals surface area contributed by atoms with E-state index in [1.165, 1.54) is 10.8 Å². The molecule has 140 valence electrons. The molecular weight excluding hydrogens is 368 g/mol. The lowest BCUT2D eigenvalue weighted by Gasteiger charge is -2.28. The highest BCUT2D eigenvalue weighted by molar-refractivity contribution is 7.18. The first-order valence-electron chi connectivity index (χ1n) is 9.03. The number of halogens is 2. The van der Waals surface area contributed by atoms with Gasteiger partial charge in [-0.15, -0.1) is 11.3 Å². The molecule has 0 aliphatic carbocycles. The third-order valence-electron chi connectivity index (χ3n) is 4.92. The van der Waals surface area contributed by atoms with Gasteiger partial charge in [-0.2, -0.15) is 0 Å². The summed E-state index contributed by atoms with van der Waals surface area (Å²) in [5, 5.41) is 3.48. The number of aromatic nitrogens is 1. The van der Waals surface area contributed by atoms with Crippen LogP contribution in [0.2, 0.25) is 0 Å².